The highest BCUT2D eigenvalue weighted by molar-refractivity contribution is 5.84. The molecular weight excluding hydrogens is 254 g/mol. The largest absolute Gasteiger partial charge is 0.480 e. The zero-order chi connectivity index (χ0) is 15.0. The Morgan fingerprint density at radius 3 is 1.68 bits per heavy atom. The molecule has 8 N–H and O–H groups in total. The Hall–Kier alpha value is -1.51. The minimum absolute atomic E-state index is 0.000380. The van der Waals surface area contributed by atoms with Gasteiger partial charge in [0.05, 0.1) is 6.04 Å². The van der Waals surface area contributed by atoms with Crippen LogP contribution >= 0.6 is 0 Å². The number of ketones is 1. The normalized spacial score (nSPS) is 15.5. The predicted molar refractivity (Wildman–Crippen MR) is 67.3 cm³/mol. The zero-order valence-electron chi connectivity index (χ0n) is 10.6. The van der Waals surface area contributed by atoms with Crippen LogP contribution in [0.5, 0.6) is 0 Å². The van der Waals surface area contributed by atoms with E-state index in [2.05, 4.69) is 0 Å². The number of carbonyl (C=O) groups excluding carboxylic acids is 1. The Balaban J connectivity index is 3.88. The summed E-state index contributed by atoms with van der Waals surface area (Å²) in [5.74, 6) is -2.53. The fourth-order valence-corrected chi connectivity index (χ4v) is 1.45. The summed E-state index contributed by atoms with van der Waals surface area (Å²) in [6.45, 7) is 0. The highest BCUT2D eigenvalue weighted by Crippen LogP contribution is 2.06. The van der Waals surface area contributed by atoms with Gasteiger partial charge in [0.2, 0.25) is 0 Å². The number of rotatable bonds is 10. The van der Waals surface area contributed by atoms with E-state index in [9.17, 15) is 14.4 Å². The minimum Gasteiger partial charge on any atom is -0.480 e. The summed E-state index contributed by atoms with van der Waals surface area (Å²) in [4.78, 5) is 32.5. The molecule has 0 aromatic rings. The number of carboxylic acid groups (broad SMARTS) is 2. The van der Waals surface area contributed by atoms with Crippen LogP contribution in [0.15, 0.2) is 0 Å². The standard InChI is InChI=1S/C11H21N3O5/c12-6(2-1-3-7(13)10(16)17)9(15)5-4-8(14)11(18)19/h6-8H,1-5,12-14H2,(H,16,17)(H,18,19)/t6?,7-,8+/m1/s1. The van der Waals surface area contributed by atoms with E-state index >= 15 is 0 Å². The first-order chi connectivity index (χ1) is 8.75. The third-order valence-electron chi connectivity index (χ3n) is 2.78. The van der Waals surface area contributed by atoms with Crippen LogP contribution in [0.1, 0.15) is 32.1 Å². The number of hydrogen-bond donors (Lipinski definition) is 5. The monoisotopic (exact) mass is 275 g/mol. The molecule has 0 aromatic heterocycles. The van der Waals surface area contributed by atoms with Gasteiger partial charge in [-0.1, -0.05) is 0 Å². The Morgan fingerprint density at radius 1 is 0.789 bits per heavy atom. The van der Waals surface area contributed by atoms with Crippen LogP contribution in [-0.2, 0) is 14.4 Å². The highest BCUT2D eigenvalue weighted by Gasteiger charge is 2.18. The number of aliphatic carboxylic acids is 2. The van der Waals surface area contributed by atoms with Crippen molar-refractivity contribution in [2.75, 3.05) is 0 Å². The van der Waals surface area contributed by atoms with Gasteiger partial charge < -0.3 is 27.4 Å². The van der Waals surface area contributed by atoms with Gasteiger partial charge in [-0.3, -0.25) is 14.4 Å². The highest BCUT2D eigenvalue weighted by atomic mass is 16.4. The first kappa shape index (κ1) is 17.5. The van der Waals surface area contributed by atoms with E-state index < -0.39 is 30.1 Å². The molecule has 0 aliphatic carbocycles. The number of Topliss-reactive ketones (excluding diaryl/α,β-unsaturated/α-hetero) is 1. The van der Waals surface area contributed by atoms with Gasteiger partial charge in [-0.05, 0) is 25.7 Å². The van der Waals surface area contributed by atoms with E-state index in [0.29, 0.717) is 12.8 Å². The lowest BCUT2D eigenvalue weighted by atomic mass is 9.99. The first-order valence-electron chi connectivity index (χ1n) is 6.00. The van der Waals surface area contributed by atoms with Gasteiger partial charge in [-0.15, -0.1) is 0 Å². The third-order valence-corrected chi connectivity index (χ3v) is 2.78. The molecule has 0 amide bonds. The molecule has 0 saturated heterocycles. The summed E-state index contributed by atoms with van der Waals surface area (Å²) in [7, 11) is 0. The van der Waals surface area contributed by atoms with Gasteiger partial charge in [-0.2, -0.15) is 0 Å². The maximum Gasteiger partial charge on any atom is 0.320 e. The van der Waals surface area contributed by atoms with Crippen LogP contribution in [-0.4, -0.2) is 46.1 Å². The molecule has 0 radical (unpaired) electrons. The van der Waals surface area contributed by atoms with E-state index in [1.165, 1.54) is 0 Å². The molecule has 0 bridgehead atoms. The molecule has 0 spiro atoms. The molecule has 8 nitrogen and oxygen atoms in total. The quantitative estimate of drug-likeness (QED) is 0.326. The SMILES string of the molecule is NC(CCC[C@@H](N)C(=O)O)C(=O)CC[C@H](N)C(=O)O. The summed E-state index contributed by atoms with van der Waals surface area (Å²) in [5, 5.41) is 17.1. The van der Waals surface area contributed by atoms with Crippen molar-refractivity contribution in [2.45, 2.75) is 50.2 Å². The van der Waals surface area contributed by atoms with E-state index in [1.807, 2.05) is 0 Å². The Kier molecular flexibility index (Phi) is 7.89. The second-order valence-electron chi connectivity index (χ2n) is 4.43. The molecule has 0 fully saturated rings. The molecule has 0 saturated carbocycles. The predicted octanol–water partition coefficient (Wildman–Crippen LogP) is -1.34. The lowest BCUT2D eigenvalue weighted by molar-refractivity contribution is -0.139. The van der Waals surface area contributed by atoms with Gasteiger partial charge in [0.1, 0.15) is 17.9 Å². The molecule has 0 aliphatic rings. The van der Waals surface area contributed by atoms with Crippen LogP contribution in [0, 0.1) is 0 Å². The maximum atomic E-state index is 11.6. The van der Waals surface area contributed by atoms with Crippen molar-refractivity contribution >= 4 is 17.7 Å². The van der Waals surface area contributed by atoms with Crippen LogP contribution in [0.3, 0.4) is 0 Å². The molecule has 0 rings (SSSR count). The molecular formula is C11H21N3O5. The number of carbonyl (C=O) groups is 3. The average Bonchev–Trinajstić information content (AvgIpc) is 2.34. The molecule has 110 valence electrons. The van der Waals surface area contributed by atoms with Crippen molar-refractivity contribution in [3.05, 3.63) is 0 Å². The second kappa shape index (κ2) is 8.57. The Labute approximate surface area is 110 Å². The van der Waals surface area contributed by atoms with Crippen molar-refractivity contribution in [1.82, 2.24) is 0 Å². The zero-order valence-corrected chi connectivity index (χ0v) is 10.6. The van der Waals surface area contributed by atoms with Crippen molar-refractivity contribution in [3.8, 4) is 0 Å². The molecule has 8 heteroatoms. The van der Waals surface area contributed by atoms with Gasteiger partial charge in [0, 0.05) is 6.42 Å². The summed E-state index contributed by atoms with van der Waals surface area (Å²) < 4.78 is 0. The molecule has 1 unspecified atom stereocenters. The van der Waals surface area contributed by atoms with Gasteiger partial charge in [0.15, 0.2) is 0 Å². The lowest BCUT2D eigenvalue weighted by Gasteiger charge is -2.12. The van der Waals surface area contributed by atoms with Crippen molar-refractivity contribution in [2.24, 2.45) is 17.2 Å². The number of nitrogens with two attached hydrogens (primary N) is 3. The summed E-state index contributed by atoms with van der Waals surface area (Å²) in [6, 6.07) is -2.76. The van der Waals surface area contributed by atoms with Crippen molar-refractivity contribution in [3.63, 3.8) is 0 Å². The van der Waals surface area contributed by atoms with Crippen LogP contribution in [0.4, 0.5) is 0 Å². The molecule has 3 atom stereocenters. The minimum atomic E-state index is -1.16. The van der Waals surface area contributed by atoms with E-state index in [0.717, 1.165) is 0 Å². The summed E-state index contributed by atoms with van der Waals surface area (Å²) in [6.07, 6.45) is 1.02. The Morgan fingerprint density at radius 2 is 1.21 bits per heavy atom. The van der Waals surface area contributed by atoms with Gasteiger partial charge in [0.25, 0.3) is 0 Å². The van der Waals surface area contributed by atoms with Crippen molar-refractivity contribution < 1.29 is 24.6 Å². The van der Waals surface area contributed by atoms with E-state index in [-0.39, 0.29) is 25.0 Å². The number of carboxylic acids is 2. The lowest BCUT2D eigenvalue weighted by Crippen LogP contribution is -2.35. The van der Waals surface area contributed by atoms with Crippen LogP contribution in [0.2, 0.25) is 0 Å². The van der Waals surface area contributed by atoms with E-state index in [1.54, 1.807) is 0 Å². The first-order valence-corrected chi connectivity index (χ1v) is 6.00. The number of hydrogen-bond acceptors (Lipinski definition) is 6. The van der Waals surface area contributed by atoms with E-state index in [4.69, 9.17) is 27.4 Å². The third kappa shape index (κ3) is 7.50. The summed E-state index contributed by atoms with van der Waals surface area (Å²) >= 11 is 0. The van der Waals surface area contributed by atoms with Crippen LogP contribution in [0.25, 0.3) is 0 Å². The van der Waals surface area contributed by atoms with Gasteiger partial charge >= 0.3 is 11.9 Å². The van der Waals surface area contributed by atoms with Gasteiger partial charge in [-0.25, -0.2) is 0 Å². The molecule has 19 heavy (non-hydrogen) atoms. The summed E-state index contributed by atoms with van der Waals surface area (Å²) in [5.41, 5.74) is 16.2. The van der Waals surface area contributed by atoms with Crippen LogP contribution < -0.4 is 17.2 Å². The molecule has 0 aliphatic heterocycles. The second-order valence-corrected chi connectivity index (χ2v) is 4.43. The van der Waals surface area contributed by atoms with Crippen molar-refractivity contribution in [1.29, 1.82) is 0 Å². The average molecular weight is 275 g/mol. The topological polar surface area (TPSA) is 170 Å². The maximum absolute atomic E-state index is 11.6. The smallest absolute Gasteiger partial charge is 0.320 e. The fraction of sp³-hybridized carbons (Fsp3) is 0.727. The molecule has 0 heterocycles. The Bertz CT molecular complexity index is 334. The fourth-order valence-electron chi connectivity index (χ4n) is 1.45. The molecule has 0 aromatic carbocycles.